The van der Waals surface area contributed by atoms with Crippen molar-refractivity contribution in [2.75, 3.05) is 7.05 Å². The number of rotatable bonds is 3. The first-order valence-electron chi connectivity index (χ1n) is 7.06. The smallest absolute Gasteiger partial charge is 0.0681 e. The van der Waals surface area contributed by atoms with Gasteiger partial charge in [0, 0.05) is 11.6 Å². The second-order valence-corrected chi connectivity index (χ2v) is 6.75. The molecule has 1 fully saturated rings. The van der Waals surface area contributed by atoms with Crippen LogP contribution < -0.4 is 5.32 Å². The standard InChI is InChI=1S/C16H26N2O/c1-11-8-7-9-13(18-11)14(17-6)12-10-15(2,3)19-16(12,4)5/h7-9,12,14,17H,10H2,1-6H3. The van der Waals surface area contributed by atoms with Crippen molar-refractivity contribution in [3.05, 3.63) is 29.6 Å². The largest absolute Gasteiger partial charge is 0.369 e. The zero-order valence-electron chi connectivity index (χ0n) is 12.9. The molecule has 0 amide bonds. The summed E-state index contributed by atoms with van der Waals surface area (Å²) in [6, 6.07) is 6.46. The highest BCUT2D eigenvalue weighted by atomic mass is 16.5. The summed E-state index contributed by atoms with van der Waals surface area (Å²) in [5.41, 5.74) is 1.98. The van der Waals surface area contributed by atoms with Crippen LogP contribution in [0.2, 0.25) is 0 Å². The Bertz CT molecular complexity index is 454. The molecule has 0 spiro atoms. The van der Waals surface area contributed by atoms with E-state index in [9.17, 15) is 0 Å². The van der Waals surface area contributed by atoms with E-state index in [0.29, 0.717) is 5.92 Å². The molecule has 0 radical (unpaired) electrons. The van der Waals surface area contributed by atoms with Crippen LogP contribution in [0, 0.1) is 12.8 Å². The number of ether oxygens (including phenoxy) is 1. The van der Waals surface area contributed by atoms with E-state index in [1.54, 1.807) is 0 Å². The minimum atomic E-state index is -0.136. The van der Waals surface area contributed by atoms with Gasteiger partial charge in [-0.25, -0.2) is 0 Å². The minimum Gasteiger partial charge on any atom is -0.369 e. The predicted molar refractivity (Wildman–Crippen MR) is 78.1 cm³/mol. The number of nitrogens with one attached hydrogen (secondary N) is 1. The molecule has 1 saturated heterocycles. The molecule has 2 atom stereocenters. The Morgan fingerprint density at radius 1 is 1.32 bits per heavy atom. The molecule has 0 aromatic carbocycles. The van der Waals surface area contributed by atoms with E-state index in [4.69, 9.17) is 4.74 Å². The van der Waals surface area contributed by atoms with Gasteiger partial charge in [0.2, 0.25) is 0 Å². The van der Waals surface area contributed by atoms with Crippen molar-refractivity contribution in [3.63, 3.8) is 0 Å². The molecule has 1 N–H and O–H groups in total. The van der Waals surface area contributed by atoms with Gasteiger partial charge in [0.05, 0.1) is 22.9 Å². The molecule has 2 rings (SSSR count). The van der Waals surface area contributed by atoms with E-state index >= 15 is 0 Å². The van der Waals surface area contributed by atoms with Gasteiger partial charge in [-0.05, 0) is 60.2 Å². The number of nitrogens with zero attached hydrogens (tertiary/aromatic N) is 1. The Morgan fingerprint density at radius 2 is 2.00 bits per heavy atom. The summed E-state index contributed by atoms with van der Waals surface area (Å²) in [7, 11) is 2.01. The lowest BCUT2D eigenvalue weighted by atomic mass is 9.80. The first kappa shape index (κ1) is 14.5. The summed E-state index contributed by atoms with van der Waals surface area (Å²) in [5, 5.41) is 3.44. The number of hydrogen-bond donors (Lipinski definition) is 1. The zero-order valence-corrected chi connectivity index (χ0v) is 12.9. The fourth-order valence-electron chi connectivity index (χ4n) is 3.42. The summed E-state index contributed by atoms with van der Waals surface area (Å²) in [6.45, 7) is 10.8. The predicted octanol–water partition coefficient (Wildman–Crippen LogP) is 3.24. The summed E-state index contributed by atoms with van der Waals surface area (Å²) in [5.74, 6) is 0.418. The third-order valence-electron chi connectivity index (χ3n) is 4.09. The van der Waals surface area contributed by atoms with Crippen molar-refractivity contribution in [1.82, 2.24) is 10.3 Å². The van der Waals surface area contributed by atoms with Gasteiger partial charge in [0.15, 0.2) is 0 Å². The molecule has 19 heavy (non-hydrogen) atoms. The third-order valence-corrected chi connectivity index (χ3v) is 4.09. The molecule has 2 heterocycles. The molecule has 0 bridgehead atoms. The third kappa shape index (κ3) is 2.98. The highest BCUT2D eigenvalue weighted by Gasteiger charge is 2.49. The van der Waals surface area contributed by atoms with E-state index in [-0.39, 0.29) is 17.2 Å². The summed E-state index contributed by atoms with van der Waals surface area (Å²) in [4.78, 5) is 4.68. The molecule has 2 unspecified atom stereocenters. The van der Waals surface area contributed by atoms with Crippen molar-refractivity contribution in [1.29, 1.82) is 0 Å². The number of hydrogen-bond acceptors (Lipinski definition) is 3. The van der Waals surface area contributed by atoms with Gasteiger partial charge in [0.1, 0.15) is 0 Å². The monoisotopic (exact) mass is 262 g/mol. The Labute approximate surface area is 116 Å². The molecule has 3 nitrogen and oxygen atoms in total. The van der Waals surface area contributed by atoms with Crippen molar-refractivity contribution in [2.24, 2.45) is 5.92 Å². The van der Waals surface area contributed by atoms with Crippen LogP contribution in [0.25, 0.3) is 0 Å². The SMILES string of the molecule is CNC(c1cccc(C)n1)C1CC(C)(C)OC1(C)C. The lowest BCUT2D eigenvalue weighted by molar-refractivity contribution is -0.0778. The van der Waals surface area contributed by atoms with Gasteiger partial charge in [-0.2, -0.15) is 0 Å². The Morgan fingerprint density at radius 3 is 2.47 bits per heavy atom. The molecule has 3 heteroatoms. The fraction of sp³-hybridized carbons (Fsp3) is 0.688. The van der Waals surface area contributed by atoms with E-state index < -0.39 is 0 Å². The zero-order chi connectivity index (χ0) is 14.3. The van der Waals surface area contributed by atoms with Gasteiger partial charge >= 0.3 is 0 Å². The maximum absolute atomic E-state index is 6.22. The van der Waals surface area contributed by atoms with Crippen LogP contribution in [-0.2, 0) is 4.74 Å². The lowest BCUT2D eigenvalue weighted by Crippen LogP contribution is -2.37. The van der Waals surface area contributed by atoms with Crippen LogP contribution in [0.4, 0.5) is 0 Å². The summed E-state index contributed by atoms with van der Waals surface area (Å²) in [6.07, 6.45) is 1.04. The number of aryl methyl sites for hydroxylation is 1. The maximum Gasteiger partial charge on any atom is 0.0681 e. The summed E-state index contributed by atoms with van der Waals surface area (Å²) < 4.78 is 6.22. The molecule has 1 aromatic heterocycles. The van der Waals surface area contributed by atoms with Gasteiger partial charge in [0.25, 0.3) is 0 Å². The molecule has 1 aliphatic rings. The molecule has 1 aliphatic heterocycles. The lowest BCUT2D eigenvalue weighted by Gasteiger charge is -2.32. The average molecular weight is 262 g/mol. The Kier molecular flexibility index (Phi) is 3.72. The second kappa shape index (κ2) is 4.88. The first-order valence-corrected chi connectivity index (χ1v) is 7.06. The molecular weight excluding hydrogens is 236 g/mol. The van der Waals surface area contributed by atoms with Crippen LogP contribution in [0.15, 0.2) is 18.2 Å². The number of aromatic nitrogens is 1. The average Bonchev–Trinajstić information content (AvgIpc) is 2.48. The highest BCUT2D eigenvalue weighted by molar-refractivity contribution is 5.17. The van der Waals surface area contributed by atoms with E-state index in [2.05, 4.69) is 50.1 Å². The van der Waals surface area contributed by atoms with Crippen molar-refractivity contribution in [2.45, 2.75) is 58.3 Å². The molecule has 1 aromatic rings. The van der Waals surface area contributed by atoms with E-state index in [1.807, 2.05) is 20.0 Å². The van der Waals surface area contributed by atoms with Gasteiger partial charge in [-0.1, -0.05) is 6.07 Å². The van der Waals surface area contributed by atoms with Crippen LogP contribution in [-0.4, -0.2) is 23.2 Å². The molecule has 0 aliphatic carbocycles. The van der Waals surface area contributed by atoms with Crippen molar-refractivity contribution in [3.8, 4) is 0 Å². The number of pyridine rings is 1. The molecule has 106 valence electrons. The summed E-state index contributed by atoms with van der Waals surface area (Å²) >= 11 is 0. The fourth-order valence-corrected chi connectivity index (χ4v) is 3.42. The van der Waals surface area contributed by atoms with Crippen LogP contribution in [0.3, 0.4) is 0 Å². The van der Waals surface area contributed by atoms with E-state index in [0.717, 1.165) is 17.8 Å². The van der Waals surface area contributed by atoms with Crippen molar-refractivity contribution >= 4 is 0 Å². The van der Waals surface area contributed by atoms with E-state index in [1.165, 1.54) is 0 Å². The normalized spacial score (nSPS) is 26.3. The minimum absolute atomic E-state index is 0.0624. The van der Waals surface area contributed by atoms with Crippen LogP contribution in [0.1, 0.15) is 51.5 Å². The highest BCUT2D eigenvalue weighted by Crippen LogP contribution is 2.47. The van der Waals surface area contributed by atoms with Crippen molar-refractivity contribution < 1.29 is 4.74 Å². The van der Waals surface area contributed by atoms with Crippen LogP contribution in [0.5, 0.6) is 0 Å². The topological polar surface area (TPSA) is 34.2 Å². The molecular formula is C16H26N2O. The first-order chi connectivity index (χ1) is 8.75. The Hall–Kier alpha value is -0.930. The second-order valence-electron chi connectivity index (χ2n) is 6.75. The van der Waals surface area contributed by atoms with Gasteiger partial charge < -0.3 is 10.1 Å². The maximum atomic E-state index is 6.22. The quantitative estimate of drug-likeness (QED) is 0.908. The van der Waals surface area contributed by atoms with Gasteiger partial charge in [-0.3, -0.25) is 4.98 Å². The molecule has 0 saturated carbocycles. The van der Waals surface area contributed by atoms with Gasteiger partial charge in [-0.15, -0.1) is 0 Å². The Balaban J connectivity index is 2.32. The van der Waals surface area contributed by atoms with Crippen LogP contribution >= 0.6 is 0 Å².